The quantitative estimate of drug-likeness (QED) is 0.733. The summed E-state index contributed by atoms with van der Waals surface area (Å²) < 4.78 is 1.19. The molecule has 20 heavy (non-hydrogen) atoms. The monoisotopic (exact) mass is 351 g/mol. The van der Waals surface area contributed by atoms with Crippen LogP contribution < -0.4 is 5.32 Å². The fourth-order valence-corrected chi connectivity index (χ4v) is 4.00. The van der Waals surface area contributed by atoms with Gasteiger partial charge >= 0.3 is 0 Å². The standard InChI is InChI=1S/C17H22BrNS/c1-4-5-19-17(10-16-9-15(18)11-20-16)14-7-12(2)6-13(3)8-14/h6-9,11,17,19H,4-5,10H2,1-3H3. The van der Waals surface area contributed by atoms with Gasteiger partial charge in [-0.05, 0) is 54.4 Å². The highest BCUT2D eigenvalue weighted by molar-refractivity contribution is 9.10. The summed E-state index contributed by atoms with van der Waals surface area (Å²) in [6, 6.07) is 9.49. The van der Waals surface area contributed by atoms with Gasteiger partial charge in [0.15, 0.2) is 0 Å². The predicted octanol–water partition coefficient (Wildman–Crippen LogP) is 5.41. The molecule has 0 aliphatic rings. The fraction of sp³-hybridized carbons (Fsp3) is 0.412. The number of hydrogen-bond acceptors (Lipinski definition) is 2. The zero-order valence-corrected chi connectivity index (χ0v) is 14.8. The van der Waals surface area contributed by atoms with E-state index in [1.165, 1.54) is 26.0 Å². The molecule has 0 radical (unpaired) electrons. The molecule has 1 N–H and O–H groups in total. The van der Waals surface area contributed by atoms with Gasteiger partial charge in [-0.2, -0.15) is 0 Å². The Balaban J connectivity index is 2.21. The van der Waals surface area contributed by atoms with Gasteiger partial charge in [-0.25, -0.2) is 0 Å². The van der Waals surface area contributed by atoms with Crippen molar-refractivity contribution in [2.45, 2.75) is 39.7 Å². The fourth-order valence-electron chi connectivity index (χ4n) is 2.50. The number of thiophene rings is 1. The third kappa shape index (κ3) is 4.44. The number of nitrogens with one attached hydrogen (secondary N) is 1. The van der Waals surface area contributed by atoms with Crippen molar-refractivity contribution in [3.05, 3.63) is 55.7 Å². The second kappa shape index (κ2) is 7.39. The van der Waals surface area contributed by atoms with Crippen LogP contribution in [0.2, 0.25) is 0 Å². The Labute approximate surface area is 134 Å². The lowest BCUT2D eigenvalue weighted by Crippen LogP contribution is -2.24. The van der Waals surface area contributed by atoms with Crippen molar-refractivity contribution in [1.82, 2.24) is 5.32 Å². The van der Waals surface area contributed by atoms with Gasteiger partial charge < -0.3 is 5.32 Å². The van der Waals surface area contributed by atoms with Crippen LogP contribution in [-0.4, -0.2) is 6.54 Å². The Morgan fingerprint density at radius 2 is 1.85 bits per heavy atom. The smallest absolute Gasteiger partial charge is 0.0368 e. The van der Waals surface area contributed by atoms with E-state index in [0.29, 0.717) is 6.04 Å². The normalized spacial score (nSPS) is 12.6. The molecule has 1 aromatic heterocycles. The average molecular weight is 352 g/mol. The summed E-state index contributed by atoms with van der Waals surface area (Å²) in [7, 11) is 0. The van der Waals surface area contributed by atoms with E-state index >= 15 is 0 Å². The Kier molecular flexibility index (Phi) is 5.82. The van der Waals surface area contributed by atoms with E-state index in [9.17, 15) is 0 Å². The number of hydrogen-bond donors (Lipinski definition) is 1. The Morgan fingerprint density at radius 1 is 1.15 bits per heavy atom. The first kappa shape index (κ1) is 15.7. The van der Waals surface area contributed by atoms with Crippen LogP contribution in [0.25, 0.3) is 0 Å². The largest absolute Gasteiger partial charge is 0.310 e. The highest BCUT2D eigenvalue weighted by atomic mass is 79.9. The van der Waals surface area contributed by atoms with E-state index in [2.05, 4.69) is 71.7 Å². The lowest BCUT2D eigenvalue weighted by Gasteiger charge is -2.19. The maximum absolute atomic E-state index is 3.69. The second-order valence-electron chi connectivity index (χ2n) is 5.36. The molecule has 0 aliphatic heterocycles. The van der Waals surface area contributed by atoms with Crippen LogP contribution in [0.3, 0.4) is 0 Å². The summed E-state index contributed by atoms with van der Waals surface area (Å²) >= 11 is 5.37. The van der Waals surface area contributed by atoms with Crippen molar-refractivity contribution >= 4 is 27.3 Å². The molecular formula is C17H22BrNS. The van der Waals surface area contributed by atoms with Crippen LogP contribution in [0.5, 0.6) is 0 Å². The molecule has 0 saturated carbocycles. The third-order valence-corrected chi connectivity index (χ3v) is 5.03. The van der Waals surface area contributed by atoms with Gasteiger partial charge in [0.2, 0.25) is 0 Å². The van der Waals surface area contributed by atoms with Gasteiger partial charge in [-0.3, -0.25) is 0 Å². The van der Waals surface area contributed by atoms with Crippen LogP contribution in [0.15, 0.2) is 34.1 Å². The minimum absolute atomic E-state index is 0.402. The minimum atomic E-state index is 0.402. The number of benzene rings is 1. The number of rotatable bonds is 6. The maximum atomic E-state index is 3.69. The number of aryl methyl sites for hydroxylation is 2. The SMILES string of the molecule is CCCNC(Cc1cc(Br)cs1)c1cc(C)cc(C)c1. The molecule has 0 aliphatic carbocycles. The third-order valence-electron chi connectivity index (χ3n) is 3.31. The molecule has 0 saturated heterocycles. The van der Waals surface area contributed by atoms with Gasteiger partial charge in [-0.15, -0.1) is 11.3 Å². The molecule has 1 aromatic carbocycles. The first-order chi connectivity index (χ1) is 9.58. The van der Waals surface area contributed by atoms with Gasteiger partial charge in [0.1, 0.15) is 0 Å². The molecule has 0 spiro atoms. The van der Waals surface area contributed by atoms with Gasteiger partial charge in [-0.1, -0.05) is 36.2 Å². The summed E-state index contributed by atoms with van der Waals surface area (Å²) in [6.45, 7) is 7.63. The van der Waals surface area contributed by atoms with E-state index < -0.39 is 0 Å². The van der Waals surface area contributed by atoms with Crippen LogP contribution in [0, 0.1) is 13.8 Å². The van der Waals surface area contributed by atoms with Gasteiger partial charge in [0, 0.05) is 27.2 Å². The molecule has 3 heteroatoms. The molecule has 0 amide bonds. The van der Waals surface area contributed by atoms with E-state index in [1.807, 2.05) is 11.3 Å². The van der Waals surface area contributed by atoms with Crippen LogP contribution in [0.4, 0.5) is 0 Å². The minimum Gasteiger partial charge on any atom is -0.310 e. The average Bonchev–Trinajstić information content (AvgIpc) is 2.79. The summed E-state index contributed by atoms with van der Waals surface area (Å²) in [4.78, 5) is 1.42. The molecular weight excluding hydrogens is 330 g/mol. The van der Waals surface area contributed by atoms with E-state index in [0.717, 1.165) is 19.4 Å². The van der Waals surface area contributed by atoms with Gasteiger partial charge in [0.05, 0.1) is 0 Å². The Bertz CT molecular complexity index is 542. The highest BCUT2D eigenvalue weighted by Gasteiger charge is 2.13. The lowest BCUT2D eigenvalue weighted by atomic mass is 9.98. The zero-order valence-electron chi connectivity index (χ0n) is 12.4. The molecule has 1 atom stereocenters. The second-order valence-corrected chi connectivity index (χ2v) is 7.27. The lowest BCUT2D eigenvalue weighted by molar-refractivity contribution is 0.532. The summed E-state index contributed by atoms with van der Waals surface area (Å²) in [5.74, 6) is 0. The van der Waals surface area contributed by atoms with Crippen molar-refractivity contribution in [2.24, 2.45) is 0 Å². The Morgan fingerprint density at radius 3 is 2.40 bits per heavy atom. The Hall–Kier alpha value is -0.640. The summed E-state index contributed by atoms with van der Waals surface area (Å²) in [5.41, 5.74) is 4.09. The highest BCUT2D eigenvalue weighted by Crippen LogP contribution is 2.26. The molecule has 0 fully saturated rings. The zero-order chi connectivity index (χ0) is 14.5. The first-order valence-corrected chi connectivity index (χ1v) is 8.80. The van der Waals surface area contributed by atoms with E-state index in [4.69, 9.17) is 0 Å². The maximum Gasteiger partial charge on any atom is 0.0368 e. The number of halogens is 1. The van der Waals surface area contributed by atoms with Crippen molar-refractivity contribution in [3.8, 4) is 0 Å². The van der Waals surface area contributed by atoms with Crippen molar-refractivity contribution < 1.29 is 0 Å². The topological polar surface area (TPSA) is 12.0 Å². The van der Waals surface area contributed by atoms with E-state index in [1.54, 1.807) is 0 Å². The molecule has 1 unspecified atom stereocenters. The molecule has 1 heterocycles. The van der Waals surface area contributed by atoms with Crippen LogP contribution in [0.1, 0.15) is 41.0 Å². The van der Waals surface area contributed by atoms with Crippen LogP contribution >= 0.6 is 27.3 Å². The predicted molar refractivity (Wildman–Crippen MR) is 92.7 cm³/mol. The van der Waals surface area contributed by atoms with Crippen molar-refractivity contribution in [2.75, 3.05) is 6.54 Å². The molecule has 2 aromatic rings. The van der Waals surface area contributed by atoms with Crippen molar-refractivity contribution in [3.63, 3.8) is 0 Å². The molecule has 108 valence electrons. The molecule has 1 nitrogen and oxygen atoms in total. The molecule has 0 bridgehead atoms. The van der Waals surface area contributed by atoms with Crippen LogP contribution in [-0.2, 0) is 6.42 Å². The van der Waals surface area contributed by atoms with Gasteiger partial charge in [0.25, 0.3) is 0 Å². The van der Waals surface area contributed by atoms with E-state index in [-0.39, 0.29) is 0 Å². The van der Waals surface area contributed by atoms with Crippen molar-refractivity contribution in [1.29, 1.82) is 0 Å². The summed E-state index contributed by atoms with van der Waals surface area (Å²) in [5, 5.41) is 5.85. The summed E-state index contributed by atoms with van der Waals surface area (Å²) in [6.07, 6.45) is 2.22. The first-order valence-electron chi connectivity index (χ1n) is 7.13. The molecule has 2 rings (SSSR count).